The van der Waals surface area contributed by atoms with Crippen molar-refractivity contribution in [1.82, 2.24) is 0 Å². The average molecular weight is 426 g/mol. The van der Waals surface area contributed by atoms with Crippen molar-refractivity contribution in [2.75, 3.05) is 13.2 Å². The zero-order valence-corrected chi connectivity index (χ0v) is 17.1. The number of benzene rings is 2. The number of rotatable bonds is 8. The average Bonchev–Trinajstić information content (AvgIpc) is 3.73. The van der Waals surface area contributed by atoms with E-state index >= 15 is 0 Å². The normalized spacial score (nSPS) is 38.2. The van der Waals surface area contributed by atoms with E-state index in [4.69, 9.17) is 33.2 Å². The van der Waals surface area contributed by atoms with Gasteiger partial charge in [0.1, 0.15) is 36.6 Å². The van der Waals surface area contributed by atoms with Crippen LogP contribution in [0, 0.1) is 0 Å². The minimum Gasteiger partial charge on any atom is -0.365 e. The first kappa shape index (κ1) is 19.8. The molecule has 0 saturated carbocycles. The Morgan fingerprint density at radius 2 is 1.06 bits per heavy atom. The summed E-state index contributed by atoms with van der Waals surface area (Å²) in [5.74, 6) is 0. The number of ether oxygens (including phenoxy) is 7. The lowest BCUT2D eigenvalue weighted by Gasteiger charge is -2.31. The predicted molar refractivity (Wildman–Crippen MR) is 108 cm³/mol. The predicted octanol–water partition coefficient (Wildman–Crippen LogP) is 2.42. The molecule has 4 heterocycles. The van der Waals surface area contributed by atoms with E-state index in [-0.39, 0.29) is 49.2 Å². The highest BCUT2D eigenvalue weighted by Crippen LogP contribution is 2.41. The van der Waals surface area contributed by atoms with Gasteiger partial charge in [-0.25, -0.2) is 0 Å². The molecule has 0 unspecified atom stereocenters. The van der Waals surface area contributed by atoms with Crippen LogP contribution in [0.1, 0.15) is 11.1 Å². The van der Waals surface area contributed by atoms with Crippen molar-refractivity contribution in [3.63, 3.8) is 0 Å². The van der Waals surface area contributed by atoms with Crippen LogP contribution < -0.4 is 0 Å². The Kier molecular flexibility index (Phi) is 5.49. The van der Waals surface area contributed by atoms with E-state index in [0.717, 1.165) is 11.1 Å². The molecule has 164 valence electrons. The van der Waals surface area contributed by atoms with E-state index in [9.17, 15) is 0 Å². The van der Waals surface area contributed by atoms with Crippen LogP contribution in [0.2, 0.25) is 0 Å². The van der Waals surface area contributed by atoms with Crippen LogP contribution in [0.15, 0.2) is 60.7 Å². The fourth-order valence-electron chi connectivity index (χ4n) is 4.32. The van der Waals surface area contributed by atoms with Crippen molar-refractivity contribution >= 4 is 0 Å². The minimum atomic E-state index is -0.353. The van der Waals surface area contributed by atoms with Crippen molar-refractivity contribution in [3.8, 4) is 0 Å². The lowest BCUT2D eigenvalue weighted by atomic mass is 10.1. The number of epoxide rings is 2. The first-order chi connectivity index (χ1) is 15.3. The molecule has 0 bridgehead atoms. The molecule has 0 N–H and O–H groups in total. The molecule has 6 rings (SSSR count). The second kappa shape index (κ2) is 8.60. The van der Waals surface area contributed by atoms with Gasteiger partial charge in [-0.3, -0.25) is 0 Å². The molecule has 0 spiro atoms. The highest BCUT2D eigenvalue weighted by Gasteiger charge is 2.60. The summed E-state index contributed by atoms with van der Waals surface area (Å²) in [7, 11) is 0. The lowest BCUT2D eigenvalue weighted by molar-refractivity contribution is -0.216. The SMILES string of the molecule is c1ccc(CO[C@@H]2OC[C@H](O[C@H]3CO[C@H](OCc4ccccc4)[C@@H]4O[C@@H]43)[C@@H]3O[C@H]23)cc1. The molecule has 2 aromatic carbocycles. The van der Waals surface area contributed by atoms with Crippen molar-refractivity contribution in [1.29, 1.82) is 0 Å². The van der Waals surface area contributed by atoms with Crippen molar-refractivity contribution in [2.45, 2.75) is 62.4 Å². The molecule has 31 heavy (non-hydrogen) atoms. The molecule has 4 aliphatic heterocycles. The molecule has 0 amide bonds. The Morgan fingerprint density at radius 1 is 0.613 bits per heavy atom. The Hall–Kier alpha value is -1.84. The summed E-state index contributed by atoms with van der Waals surface area (Å²) in [5, 5.41) is 0. The summed E-state index contributed by atoms with van der Waals surface area (Å²) in [6.07, 6.45) is -1.14. The van der Waals surface area contributed by atoms with Gasteiger partial charge in [-0.05, 0) is 11.1 Å². The van der Waals surface area contributed by atoms with Gasteiger partial charge < -0.3 is 33.2 Å². The van der Waals surface area contributed by atoms with Crippen LogP contribution in [0.25, 0.3) is 0 Å². The number of fused-ring (bicyclic) bond motifs is 2. The number of hydrogen-bond acceptors (Lipinski definition) is 7. The Balaban J connectivity index is 0.951. The van der Waals surface area contributed by atoms with Crippen LogP contribution in [-0.2, 0) is 46.4 Å². The third-order valence-electron chi connectivity index (χ3n) is 6.11. The molecule has 0 radical (unpaired) electrons. The molecular formula is C24H26O7. The van der Waals surface area contributed by atoms with Gasteiger partial charge in [-0.2, -0.15) is 0 Å². The molecule has 4 fully saturated rings. The van der Waals surface area contributed by atoms with Crippen molar-refractivity contribution in [2.24, 2.45) is 0 Å². The molecular weight excluding hydrogens is 400 g/mol. The van der Waals surface area contributed by atoms with Crippen molar-refractivity contribution in [3.05, 3.63) is 71.8 Å². The van der Waals surface area contributed by atoms with Gasteiger partial charge in [0.15, 0.2) is 12.6 Å². The van der Waals surface area contributed by atoms with Crippen LogP contribution in [-0.4, -0.2) is 62.4 Å². The maximum atomic E-state index is 6.25. The van der Waals surface area contributed by atoms with Crippen LogP contribution >= 0.6 is 0 Å². The largest absolute Gasteiger partial charge is 0.365 e. The van der Waals surface area contributed by atoms with E-state index in [1.807, 2.05) is 60.7 Å². The zero-order chi connectivity index (χ0) is 20.6. The summed E-state index contributed by atoms with van der Waals surface area (Å²) in [6, 6.07) is 20.1. The highest BCUT2D eigenvalue weighted by molar-refractivity contribution is 5.14. The Bertz CT molecular complexity index is 791. The van der Waals surface area contributed by atoms with Gasteiger partial charge in [0.25, 0.3) is 0 Å². The third-order valence-corrected chi connectivity index (χ3v) is 6.11. The topological polar surface area (TPSA) is 71.2 Å². The fraction of sp³-hybridized carbons (Fsp3) is 0.500. The maximum absolute atomic E-state index is 6.25. The smallest absolute Gasteiger partial charge is 0.186 e. The Labute approximate surface area is 181 Å². The summed E-state index contributed by atoms with van der Waals surface area (Å²) in [5.41, 5.74) is 2.23. The van der Waals surface area contributed by atoms with E-state index in [0.29, 0.717) is 26.4 Å². The summed E-state index contributed by atoms with van der Waals surface area (Å²) in [4.78, 5) is 0. The fourth-order valence-corrected chi connectivity index (χ4v) is 4.32. The van der Waals surface area contributed by atoms with Crippen LogP contribution in [0.3, 0.4) is 0 Å². The lowest BCUT2D eigenvalue weighted by Crippen LogP contribution is -2.46. The van der Waals surface area contributed by atoms with E-state index in [2.05, 4.69) is 0 Å². The molecule has 8 atom stereocenters. The highest BCUT2D eigenvalue weighted by atomic mass is 16.8. The molecule has 4 saturated heterocycles. The molecule has 0 aromatic heterocycles. The number of hydrogen-bond donors (Lipinski definition) is 0. The molecule has 7 nitrogen and oxygen atoms in total. The van der Waals surface area contributed by atoms with Crippen molar-refractivity contribution < 1.29 is 33.2 Å². The second-order valence-electron chi connectivity index (χ2n) is 8.34. The van der Waals surface area contributed by atoms with E-state index in [1.165, 1.54) is 0 Å². The van der Waals surface area contributed by atoms with Crippen LogP contribution in [0.5, 0.6) is 0 Å². The summed E-state index contributed by atoms with van der Waals surface area (Å²) >= 11 is 0. The second-order valence-corrected chi connectivity index (χ2v) is 8.34. The first-order valence-corrected chi connectivity index (χ1v) is 10.9. The monoisotopic (exact) mass is 426 g/mol. The third kappa shape index (κ3) is 4.40. The zero-order valence-electron chi connectivity index (χ0n) is 17.1. The minimum absolute atomic E-state index is 0.00113. The summed E-state index contributed by atoms with van der Waals surface area (Å²) in [6.45, 7) is 1.87. The van der Waals surface area contributed by atoms with Gasteiger partial charge in [0.2, 0.25) is 0 Å². The molecule has 2 aromatic rings. The first-order valence-electron chi connectivity index (χ1n) is 10.9. The van der Waals surface area contributed by atoms with Gasteiger partial charge in [0.05, 0.1) is 26.4 Å². The molecule has 0 aliphatic carbocycles. The standard InChI is InChI=1S/C24H26O7/c1-3-7-15(8-4-1)11-25-23-21-19(30-21)17(13-27-23)29-18-14-28-24(22-20(18)31-22)26-12-16-9-5-2-6-10-16/h1-10,17-24H,11-14H2/t17-,18-,19-,20+,21-,22+,23+,24-/m0/s1. The van der Waals surface area contributed by atoms with Gasteiger partial charge in [-0.1, -0.05) is 60.7 Å². The quantitative estimate of drug-likeness (QED) is 0.601. The Morgan fingerprint density at radius 3 is 1.52 bits per heavy atom. The summed E-state index contributed by atoms with van der Waals surface area (Å²) < 4.78 is 41.4. The van der Waals surface area contributed by atoms with Crippen LogP contribution in [0.4, 0.5) is 0 Å². The van der Waals surface area contributed by atoms with E-state index in [1.54, 1.807) is 0 Å². The van der Waals surface area contributed by atoms with Gasteiger partial charge in [-0.15, -0.1) is 0 Å². The molecule has 4 aliphatic rings. The van der Waals surface area contributed by atoms with E-state index < -0.39 is 0 Å². The maximum Gasteiger partial charge on any atom is 0.186 e. The van der Waals surface area contributed by atoms with Gasteiger partial charge >= 0.3 is 0 Å². The molecule has 7 heteroatoms. The van der Waals surface area contributed by atoms with Gasteiger partial charge in [0, 0.05) is 0 Å².